The number of fused-ring (bicyclic) bond motifs is 2. The summed E-state index contributed by atoms with van der Waals surface area (Å²) in [5.74, 6) is 0.178. The van der Waals surface area contributed by atoms with Crippen molar-refractivity contribution in [2.75, 3.05) is 19.7 Å². The number of piperidine rings is 1. The molecule has 1 N–H and O–H groups in total. The van der Waals surface area contributed by atoms with Crippen molar-refractivity contribution >= 4 is 28.3 Å². The van der Waals surface area contributed by atoms with Crippen LogP contribution in [0.3, 0.4) is 0 Å². The molecule has 216 valence electrons. The van der Waals surface area contributed by atoms with Gasteiger partial charge in [0.1, 0.15) is 22.5 Å². The zero-order chi connectivity index (χ0) is 28.8. The quantitative estimate of drug-likeness (QED) is 0.295. The first-order valence-corrected chi connectivity index (χ1v) is 15.2. The van der Waals surface area contributed by atoms with Gasteiger partial charge < -0.3 is 23.9 Å². The van der Waals surface area contributed by atoms with E-state index in [1.807, 2.05) is 37.3 Å². The molecule has 0 amide bonds. The van der Waals surface area contributed by atoms with Gasteiger partial charge in [0.25, 0.3) is 0 Å². The number of hydrogen-bond acceptors (Lipinski definition) is 8. The molecule has 0 bridgehead atoms. The van der Waals surface area contributed by atoms with Gasteiger partial charge in [-0.3, -0.25) is 4.90 Å². The Morgan fingerprint density at radius 3 is 2.69 bits per heavy atom. The Balaban J connectivity index is 1.10. The Bertz CT molecular complexity index is 1680. The number of ether oxygens (including phenoxy) is 3. The summed E-state index contributed by atoms with van der Waals surface area (Å²) in [4.78, 5) is 20.5. The van der Waals surface area contributed by atoms with Crippen LogP contribution < -0.4 is 4.74 Å². The number of aromatic nitrogens is 2. The van der Waals surface area contributed by atoms with E-state index >= 15 is 0 Å². The molecule has 2 aromatic heterocycles. The van der Waals surface area contributed by atoms with Crippen LogP contribution in [0.2, 0.25) is 0 Å². The molecule has 0 radical (unpaired) electrons. The summed E-state index contributed by atoms with van der Waals surface area (Å²) in [5, 5.41) is 18.9. The molecule has 2 aromatic carbocycles. The Kier molecular flexibility index (Phi) is 6.98. The minimum atomic E-state index is -0.959. The van der Waals surface area contributed by atoms with Crippen LogP contribution in [0.5, 0.6) is 5.75 Å². The molecule has 2 unspecified atom stereocenters. The smallest absolute Gasteiger partial charge is 0.335 e. The highest BCUT2D eigenvalue weighted by Crippen LogP contribution is 2.49. The summed E-state index contributed by atoms with van der Waals surface area (Å²) < 4.78 is 21.1. The first-order valence-electron chi connectivity index (χ1n) is 14.4. The fourth-order valence-corrected chi connectivity index (χ4v) is 7.15. The van der Waals surface area contributed by atoms with E-state index in [0.717, 1.165) is 72.0 Å². The van der Waals surface area contributed by atoms with E-state index in [1.165, 1.54) is 11.3 Å². The molecule has 7 rings (SSSR count). The van der Waals surface area contributed by atoms with Gasteiger partial charge in [-0.15, -0.1) is 11.3 Å². The molecule has 2 fully saturated rings. The minimum Gasteiger partial charge on any atom is -0.478 e. The number of hydrogen-bond donors (Lipinski definition) is 1. The fraction of sp³-hybridized carbons (Fsp3) is 0.406. The predicted molar refractivity (Wildman–Crippen MR) is 156 cm³/mol. The van der Waals surface area contributed by atoms with Gasteiger partial charge in [0.05, 0.1) is 46.8 Å². The highest BCUT2D eigenvalue weighted by molar-refractivity contribution is 7.12. The van der Waals surface area contributed by atoms with Gasteiger partial charge in [-0.1, -0.05) is 18.2 Å². The number of carboxylic acid groups (broad SMARTS) is 1. The van der Waals surface area contributed by atoms with E-state index in [2.05, 4.69) is 21.6 Å². The predicted octanol–water partition coefficient (Wildman–Crippen LogP) is 5.69. The van der Waals surface area contributed by atoms with Crippen LogP contribution in [0.4, 0.5) is 0 Å². The summed E-state index contributed by atoms with van der Waals surface area (Å²) in [5.41, 5.74) is 2.99. The number of benzene rings is 2. The maximum Gasteiger partial charge on any atom is 0.335 e. The van der Waals surface area contributed by atoms with Crippen molar-refractivity contribution in [3.05, 3.63) is 81.3 Å². The molecular formula is C32H32N4O5S. The molecule has 9 nitrogen and oxygen atoms in total. The standard InChI is InChI=1S/C32H32N4O5S/c1-32(28-9-7-23(17-33)42-28)40-27-5-3-2-4-24(27)30(41-32)20-10-13-35(14-11-20)19-29-34-25-8-6-21(31(37)38)16-26(25)36(29)18-22-12-15-39-22/h2-9,16,20,22,30H,10-15,18-19H2,1H3,(H,37,38)/t22-,30?,32?/m0/s1. The largest absolute Gasteiger partial charge is 0.478 e. The van der Waals surface area contributed by atoms with Crippen LogP contribution >= 0.6 is 11.3 Å². The number of rotatable bonds is 7. The van der Waals surface area contributed by atoms with E-state index < -0.39 is 11.8 Å². The average molecular weight is 585 g/mol. The molecule has 3 aliphatic rings. The topological polar surface area (TPSA) is 110 Å². The van der Waals surface area contributed by atoms with Crippen LogP contribution in [-0.2, 0) is 28.4 Å². The zero-order valence-electron chi connectivity index (χ0n) is 23.4. The highest BCUT2D eigenvalue weighted by Gasteiger charge is 2.44. The lowest BCUT2D eigenvalue weighted by molar-refractivity contribution is -0.240. The zero-order valence-corrected chi connectivity index (χ0v) is 24.2. The molecule has 0 aliphatic carbocycles. The summed E-state index contributed by atoms with van der Waals surface area (Å²) in [7, 11) is 0. The van der Waals surface area contributed by atoms with Gasteiger partial charge in [0.15, 0.2) is 0 Å². The summed E-state index contributed by atoms with van der Waals surface area (Å²) in [6, 6.07) is 19.2. The molecule has 10 heteroatoms. The van der Waals surface area contributed by atoms with Crippen molar-refractivity contribution in [2.45, 2.75) is 57.3 Å². The van der Waals surface area contributed by atoms with E-state index in [9.17, 15) is 15.2 Å². The SMILES string of the molecule is CC1(c2ccc(C#N)s2)Oc2ccccc2C(C2CCN(Cc3nc4ccc(C(=O)O)cc4n3C[C@@H]3CCO3)CC2)O1. The summed E-state index contributed by atoms with van der Waals surface area (Å²) in [6.45, 7) is 5.86. The Hall–Kier alpha value is -3.75. The van der Waals surface area contributed by atoms with Gasteiger partial charge >= 0.3 is 5.97 Å². The molecule has 5 heterocycles. The molecule has 42 heavy (non-hydrogen) atoms. The lowest BCUT2D eigenvalue weighted by Crippen LogP contribution is -2.42. The van der Waals surface area contributed by atoms with Crippen LogP contribution in [0.25, 0.3) is 11.0 Å². The second-order valence-corrected chi connectivity index (χ2v) is 12.5. The maximum atomic E-state index is 11.7. The number of nitrogens with zero attached hydrogens (tertiary/aromatic N) is 4. The molecule has 3 aliphatic heterocycles. The van der Waals surface area contributed by atoms with Crippen LogP contribution in [0.1, 0.15) is 63.8 Å². The van der Waals surface area contributed by atoms with E-state index in [0.29, 0.717) is 23.9 Å². The average Bonchev–Trinajstić information content (AvgIpc) is 3.60. The third-order valence-corrected chi connectivity index (χ3v) is 9.90. The molecular weight excluding hydrogens is 552 g/mol. The number of para-hydroxylation sites is 1. The highest BCUT2D eigenvalue weighted by atomic mass is 32.1. The third-order valence-electron chi connectivity index (χ3n) is 8.73. The minimum absolute atomic E-state index is 0.121. The number of carbonyl (C=O) groups is 1. The van der Waals surface area contributed by atoms with E-state index in [4.69, 9.17) is 19.2 Å². The van der Waals surface area contributed by atoms with Crippen molar-refractivity contribution in [1.29, 1.82) is 5.26 Å². The Morgan fingerprint density at radius 1 is 1.17 bits per heavy atom. The van der Waals surface area contributed by atoms with Gasteiger partial charge in [0, 0.05) is 19.1 Å². The van der Waals surface area contributed by atoms with Crippen LogP contribution in [0, 0.1) is 17.2 Å². The van der Waals surface area contributed by atoms with Gasteiger partial charge in [-0.2, -0.15) is 5.26 Å². The lowest BCUT2D eigenvalue weighted by atomic mass is 9.86. The van der Waals surface area contributed by atoms with Crippen LogP contribution in [-0.4, -0.2) is 51.3 Å². The third kappa shape index (κ3) is 4.96. The normalized spacial score (nSPS) is 24.5. The fourth-order valence-electron chi connectivity index (χ4n) is 6.32. The number of nitriles is 1. The van der Waals surface area contributed by atoms with Crippen molar-refractivity contribution in [1.82, 2.24) is 14.5 Å². The number of likely N-dealkylation sites (tertiary alicyclic amines) is 1. The van der Waals surface area contributed by atoms with Crippen LogP contribution in [0.15, 0.2) is 54.6 Å². The molecule has 0 spiro atoms. The number of thiophene rings is 1. The number of imidazole rings is 1. The molecule has 0 saturated carbocycles. The Morgan fingerprint density at radius 2 is 1.98 bits per heavy atom. The first kappa shape index (κ1) is 27.1. The first-order chi connectivity index (χ1) is 20.4. The van der Waals surface area contributed by atoms with Crippen molar-refractivity contribution < 1.29 is 24.1 Å². The summed E-state index contributed by atoms with van der Waals surface area (Å²) in [6.07, 6.45) is 2.92. The maximum absolute atomic E-state index is 11.7. The van der Waals surface area contributed by atoms with Crippen molar-refractivity contribution in [3.8, 4) is 11.8 Å². The number of aromatic carboxylic acids is 1. The second-order valence-electron chi connectivity index (χ2n) is 11.4. The molecule has 3 atom stereocenters. The van der Waals surface area contributed by atoms with Crippen molar-refractivity contribution in [3.63, 3.8) is 0 Å². The van der Waals surface area contributed by atoms with E-state index in [-0.39, 0.29) is 17.8 Å². The van der Waals surface area contributed by atoms with E-state index in [1.54, 1.807) is 18.2 Å². The molecule has 2 saturated heterocycles. The van der Waals surface area contributed by atoms with Gasteiger partial charge in [0.2, 0.25) is 5.79 Å². The molecule has 4 aromatic rings. The summed E-state index contributed by atoms with van der Waals surface area (Å²) >= 11 is 1.41. The Labute approximate surface area is 247 Å². The van der Waals surface area contributed by atoms with Gasteiger partial charge in [-0.05, 0) is 74.7 Å². The van der Waals surface area contributed by atoms with Crippen molar-refractivity contribution in [2.24, 2.45) is 5.92 Å². The lowest BCUT2D eigenvalue weighted by Gasteiger charge is -2.44. The van der Waals surface area contributed by atoms with Gasteiger partial charge in [-0.25, -0.2) is 9.78 Å². The monoisotopic (exact) mass is 584 g/mol. The number of carboxylic acids is 1. The second kappa shape index (κ2) is 10.8.